The number of allylic oxidation sites excluding steroid dienone is 4. The predicted octanol–water partition coefficient (Wildman–Crippen LogP) is 7.85. The van der Waals surface area contributed by atoms with Gasteiger partial charge in [0.15, 0.2) is 0 Å². The second-order valence-corrected chi connectivity index (χ2v) is 12.6. The number of carbonyl (C=O) groups is 3. The average Bonchev–Trinajstić information content (AvgIpc) is 3.84. The highest BCUT2D eigenvalue weighted by Gasteiger charge is 2.54. The van der Waals surface area contributed by atoms with Crippen LogP contribution in [-0.4, -0.2) is 32.4 Å². The lowest BCUT2D eigenvalue weighted by Crippen LogP contribution is -2.09. The average molecular weight is 539 g/mol. The topological polar surface area (TPSA) is 69.7 Å². The Morgan fingerprint density at radius 2 is 1.38 bits per heavy atom. The van der Waals surface area contributed by atoms with Crippen LogP contribution < -0.4 is 0 Å². The Balaban J connectivity index is 0.000000206. The molecule has 5 heteroatoms. The third-order valence-corrected chi connectivity index (χ3v) is 8.48. The molecule has 0 spiro atoms. The second kappa shape index (κ2) is 14.6. The van der Waals surface area contributed by atoms with Crippen LogP contribution in [0, 0.1) is 28.6 Å². The van der Waals surface area contributed by atoms with Crippen LogP contribution >= 0.6 is 0 Å². The van der Waals surface area contributed by atoms with Gasteiger partial charge in [-0.3, -0.25) is 9.59 Å². The summed E-state index contributed by atoms with van der Waals surface area (Å²) in [4.78, 5) is 32.8. The van der Waals surface area contributed by atoms with Gasteiger partial charge in [0.25, 0.3) is 0 Å². The molecule has 0 saturated heterocycles. The number of benzene rings is 1. The minimum atomic E-state index is -0.0751. The lowest BCUT2D eigenvalue weighted by Gasteiger charge is -2.08. The van der Waals surface area contributed by atoms with Crippen molar-refractivity contribution >= 4 is 18.2 Å². The number of hydrogen-bond donors (Lipinski definition) is 0. The molecule has 0 N–H and O–H groups in total. The van der Waals surface area contributed by atoms with Crippen molar-refractivity contribution in [2.45, 2.75) is 92.4 Å². The Hall–Kier alpha value is -2.69. The highest BCUT2D eigenvalue weighted by molar-refractivity contribution is 5.77. The number of ether oxygens (including phenoxy) is 2. The van der Waals surface area contributed by atoms with Gasteiger partial charge in [0.2, 0.25) is 0 Å². The maximum atomic E-state index is 11.2. The zero-order valence-corrected chi connectivity index (χ0v) is 25.4. The van der Waals surface area contributed by atoms with Gasteiger partial charge in [-0.2, -0.15) is 0 Å². The largest absolute Gasteiger partial charge is 0.469 e. The second-order valence-electron chi connectivity index (χ2n) is 12.6. The quantitative estimate of drug-likeness (QED) is 0.172. The van der Waals surface area contributed by atoms with E-state index >= 15 is 0 Å². The normalized spacial score (nSPS) is 29.1. The summed E-state index contributed by atoms with van der Waals surface area (Å²) in [6, 6.07) is 10.1. The number of methoxy groups -OCH3 is 2. The lowest BCUT2D eigenvalue weighted by molar-refractivity contribution is -0.143. The number of esters is 2. The first-order valence-electron chi connectivity index (χ1n) is 14.3. The molecule has 0 heterocycles. The third-order valence-electron chi connectivity index (χ3n) is 8.48. The van der Waals surface area contributed by atoms with Crippen molar-refractivity contribution < 1.29 is 23.9 Å². The first kappa shape index (κ1) is 32.5. The van der Waals surface area contributed by atoms with Crippen LogP contribution in [0.3, 0.4) is 0 Å². The third kappa shape index (κ3) is 10.4. The molecule has 4 rings (SSSR count). The molecule has 1 aromatic rings. The molecule has 39 heavy (non-hydrogen) atoms. The molecular weight excluding hydrogens is 488 g/mol. The van der Waals surface area contributed by atoms with Crippen LogP contribution in [0.2, 0.25) is 0 Å². The Morgan fingerprint density at radius 1 is 0.846 bits per heavy atom. The van der Waals surface area contributed by atoms with Crippen molar-refractivity contribution in [2.24, 2.45) is 28.6 Å². The minimum Gasteiger partial charge on any atom is -0.469 e. The molecule has 0 amide bonds. The fraction of sp³-hybridized carbons (Fsp3) is 0.618. The number of rotatable bonds is 10. The summed E-state index contributed by atoms with van der Waals surface area (Å²) >= 11 is 0. The molecule has 6 atom stereocenters. The van der Waals surface area contributed by atoms with Crippen molar-refractivity contribution in [3.05, 3.63) is 59.2 Å². The Labute approximate surface area is 236 Å². The van der Waals surface area contributed by atoms with Crippen LogP contribution in [0.25, 0.3) is 0 Å². The number of carbonyl (C=O) groups excluding carboxylic acids is 3. The molecule has 0 radical (unpaired) electrons. The van der Waals surface area contributed by atoms with Gasteiger partial charge >= 0.3 is 11.9 Å². The smallest absolute Gasteiger partial charge is 0.309 e. The van der Waals surface area contributed by atoms with E-state index in [4.69, 9.17) is 4.74 Å². The van der Waals surface area contributed by atoms with Gasteiger partial charge in [0.05, 0.1) is 26.1 Å². The fourth-order valence-electron chi connectivity index (χ4n) is 5.19. The van der Waals surface area contributed by atoms with Gasteiger partial charge in [-0.15, -0.1) is 0 Å². The van der Waals surface area contributed by atoms with Crippen LogP contribution in [0.5, 0.6) is 0 Å². The van der Waals surface area contributed by atoms with E-state index in [0.717, 1.165) is 44.8 Å². The molecule has 0 aromatic heterocycles. The van der Waals surface area contributed by atoms with E-state index < -0.39 is 0 Å². The van der Waals surface area contributed by atoms with Crippen LogP contribution in [0.1, 0.15) is 98.0 Å². The molecule has 1 aromatic carbocycles. The van der Waals surface area contributed by atoms with E-state index in [1.54, 1.807) is 0 Å². The van der Waals surface area contributed by atoms with Crippen molar-refractivity contribution in [2.75, 3.05) is 14.2 Å². The molecular formula is C34H50O5. The zero-order chi connectivity index (χ0) is 29.2. The molecule has 5 nitrogen and oxygen atoms in total. The van der Waals surface area contributed by atoms with Crippen LogP contribution in [0.4, 0.5) is 0 Å². The van der Waals surface area contributed by atoms with Gasteiger partial charge in [0.1, 0.15) is 6.29 Å². The number of hydrogen-bond acceptors (Lipinski definition) is 5. The first-order chi connectivity index (χ1) is 18.4. The van der Waals surface area contributed by atoms with Gasteiger partial charge in [-0.25, -0.2) is 0 Å². The Kier molecular flexibility index (Phi) is 12.2. The Bertz CT molecular complexity index is 1020. The monoisotopic (exact) mass is 538 g/mol. The van der Waals surface area contributed by atoms with Crippen LogP contribution in [0.15, 0.2) is 53.6 Å². The predicted molar refractivity (Wildman–Crippen MR) is 157 cm³/mol. The summed E-state index contributed by atoms with van der Waals surface area (Å²) in [5, 5.41) is 0. The van der Waals surface area contributed by atoms with E-state index in [2.05, 4.69) is 70.6 Å². The fourth-order valence-corrected chi connectivity index (χ4v) is 5.19. The molecule has 216 valence electrons. The summed E-state index contributed by atoms with van der Waals surface area (Å²) in [7, 11) is 2.92. The highest BCUT2D eigenvalue weighted by atomic mass is 16.5. The van der Waals surface area contributed by atoms with E-state index in [9.17, 15) is 14.4 Å². The van der Waals surface area contributed by atoms with Gasteiger partial charge in [0, 0.05) is 5.92 Å². The van der Waals surface area contributed by atoms with Crippen molar-refractivity contribution in [3.63, 3.8) is 0 Å². The summed E-state index contributed by atoms with van der Waals surface area (Å²) in [6.07, 6.45) is 13.1. The highest BCUT2D eigenvalue weighted by Crippen LogP contribution is 2.56. The molecule has 0 aliphatic heterocycles. The van der Waals surface area contributed by atoms with E-state index in [1.165, 1.54) is 37.4 Å². The minimum absolute atomic E-state index is 0.0373. The van der Waals surface area contributed by atoms with E-state index in [-0.39, 0.29) is 29.2 Å². The van der Waals surface area contributed by atoms with Crippen molar-refractivity contribution in [1.29, 1.82) is 0 Å². The molecule has 0 bridgehead atoms. The standard InChI is InChI=1S/C12H20O2.C11H12O2.C11H18O/c1-9(2)6-5-7-12(3)8-10(12)11(13)14-4;1-13-11(12)10-7-9(10)8-5-3-2-4-6-8;1-9(2)5-4-6-11(3)7-10(11)8-12/h6,10H,5,7-8H2,1-4H3;2-6,9-10H,7H2,1H3;5,8,10H,4,6-7H2,1-3H3. The van der Waals surface area contributed by atoms with Crippen molar-refractivity contribution in [1.82, 2.24) is 0 Å². The molecule has 3 aliphatic rings. The first-order valence-corrected chi connectivity index (χ1v) is 14.3. The van der Waals surface area contributed by atoms with Gasteiger partial charge in [-0.05, 0) is 95.0 Å². The molecule has 6 unspecified atom stereocenters. The SMILES string of the molecule is CC(C)=CCCC1(C)CC1C=O.COC(=O)C1CC1(C)CCC=C(C)C.COC(=O)C1CC1c1ccccc1. The zero-order valence-electron chi connectivity index (χ0n) is 25.4. The molecule has 3 aliphatic carbocycles. The lowest BCUT2D eigenvalue weighted by atomic mass is 9.99. The maximum Gasteiger partial charge on any atom is 0.309 e. The van der Waals surface area contributed by atoms with E-state index in [0.29, 0.717) is 17.3 Å². The maximum absolute atomic E-state index is 11.2. The van der Waals surface area contributed by atoms with E-state index in [1.807, 2.05) is 18.2 Å². The molecule has 3 saturated carbocycles. The summed E-state index contributed by atoms with van der Waals surface area (Å²) < 4.78 is 9.43. The van der Waals surface area contributed by atoms with Gasteiger partial charge < -0.3 is 14.3 Å². The number of aldehydes is 1. The van der Waals surface area contributed by atoms with Crippen LogP contribution in [-0.2, 0) is 23.9 Å². The van der Waals surface area contributed by atoms with Crippen molar-refractivity contribution in [3.8, 4) is 0 Å². The summed E-state index contributed by atoms with van der Waals surface area (Å²) in [5.74, 6) is 0.890. The Morgan fingerprint density at radius 3 is 1.85 bits per heavy atom. The summed E-state index contributed by atoms with van der Waals surface area (Å²) in [5.41, 5.74) is 4.52. The van der Waals surface area contributed by atoms with Gasteiger partial charge in [-0.1, -0.05) is 67.5 Å². The molecule has 3 fully saturated rings. The summed E-state index contributed by atoms with van der Waals surface area (Å²) in [6.45, 7) is 12.8.